The summed E-state index contributed by atoms with van der Waals surface area (Å²) in [5.74, 6) is 0.392. The molecule has 1 saturated carbocycles. The van der Waals surface area contributed by atoms with Crippen LogP contribution in [0.15, 0.2) is 13.2 Å². The minimum absolute atomic E-state index is 0.392. The predicted molar refractivity (Wildman–Crippen MR) is 43.4 cm³/mol. The molecule has 0 aromatic carbocycles. The fourth-order valence-electron chi connectivity index (χ4n) is 1.23. The molecule has 0 radical (unpaired) electrons. The summed E-state index contributed by atoms with van der Waals surface area (Å²) in [6.45, 7) is 6.00. The van der Waals surface area contributed by atoms with Crippen molar-refractivity contribution in [3.05, 3.63) is 13.2 Å². The minimum atomic E-state index is 0.392. The van der Waals surface area contributed by atoms with Gasteiger partial charge in [0.1, 0.15) is 0 Å². The summed E-state index contributed by atoms with van der Waals surface area (Å²) >= 11 is 0. The monoisotopic (exact) mass is 137 g/mol. The van der Waals surface area contributed by atoms with E-state index in [4.69, 9.17) is 5.26 Å². The van der Waals surface area contributed by atoms with E-state index in [0.717, 1.165) is 12.8 Å². The first kappa shape index (κ1) is 9.23. The topological polar surface area (TPSA) is 23.8 Å². The van der Waals surface area contributed by atoms with Crippen molar-refractivity contribution in [3.8, 4) is 6.07 Å². The fourth-order valence-corrected chi connectivity index (χ4v) is 1.23. The van der Waals surface area contributed by atoms with Crippen molar-refractivity contribution in [2.45, 2.75) is 32.1 Å². The quantitative estimate of drug-likeness (QED) is 0.471. The summed E-state index contributed by atoms with van der Waals surface area (Å²) in [4.78, 5) is 0. The van der Waals surface area contributed by atoms with Gasteiger partial charge in [-0.1, -0.05) is 19.3 Å². The molecule has 0 spiro atoms. The third-order valence-electron chi connectivity index (χ3n) is 1.79. The Morgan fingerprint density at radius 2 is 1.60 bits per heavy atom. The van der Waals surface area contributed by atoms with Crippen LogP contribution >= 0.6 is 0 Å². The van der Waals surface area contributed by atoms with Gasteiger partial charge in [-0.3, -0.25) is 0 Å². The van der Waals surface area contributed by atoms with Crippen molar-refractivity contribution in [1.29, 1.82) is 5.26 Å². The van der Waals surface area contributed by atoms with Crippen LogP contribution in [-0.4, -0.2) is 0 Å². The zero-order valence-corrected chi connectivity index (χ0v) is 6.47. The van der Waals surface area contributed by atoms with Crippen molar-refractivity contribution in [2.24, 2.45) is 5.92 Å². The third-order valence-corrected chi connectivity index (χ3v) is 1.79. The molecule has 0 bridgehead atoms. The van der Waals surface area contributed by atoms with E-state index >= 15 is 0 Å². The molecule has 0 heterocycles. The molecular formula is C9H15N. The molecule has 1 fully saturated rings. The number of nitrogens with zero attached hydrogens (tertiary/aromatic N) is 1. The first-order valence-electron chi connectivity index (χ1n) is 3.83. The van der Waals surface area contributed by atoms with Crippen LogP contribution < -0.4 is 0 Å². The van der Waals surface area contributed by atoms with Crippen molar-refractivity contribution in [2.75, 3.05) is 0 Å². The molecule has 10 heavy (non-hydrogen) atoms. The average Bonchev–Trinajstić information content (AvgIpc) is 2.10. The molecule has 0 N–H and O–H groups in total. The SMILES string of the molecule is C=C.N#CC1CCCCC1. The Morgan fingerprint density at radius 3 is 1.90 bits per heavy atom. The zero-order chi connectivity index (χ0) is 7.82. The molecule has 0 unspecified atom stereocenters. The van der Waals surface area contributed by atoms with Crippen LogP contribution in [0.3, 0.4) is 0 Å². The first-order chi connectivity index (χ1) is 4.93. The summed E-state index contributed by atoms with van der Waals surface area (Å²) in [6.07, 6.45) is 6.20. The van der Waals surface area contributed by atoms with Gasteiger partial charge in [0.25, 0.3) is 0 Å². The maximum atomic E-state index is 8.44. The molecule has 1 heteroatoms. The van der Waals surface area contributed by atoms with E-state index in [1.165, 1.54) is 19.3 Å². The van der Waals surface area contributed by atoms with Crippen LogP contribution in [0, 0.1) is 17.2 Å². The fraction of sp³-hybridized carbons (Fsp3) is 0.667. The van der Waals surface area contributed by atoms with Crippen LogP contribution in [0.1, 0.15) is 32.1 Å². The Bertz CT molecular complexity index is 106. The van der Waals surface area contributed by atoms with E-state index in [2.05, 4.69) is 19.2 Å². The number of hydrogen-bond donors (Lipinski definition) is 0. The van der Waals surface area contributed by atoms with Crippen LogP contribution in [0.25, 0.3) is 0 Å². The smallest absolute Gasteiger partial charge is 0.0655 e. The van der Waals surface area contributed by atoms with Crippen LogP contribution in [0.4, 0.5) is 0 Å². The summed E-state index contributed by atoms with van der Waals surface area (Å²) in [6, 6.07) is 2.30. The Labute approximate surface area is 63.4 Å². The van der Waals surface area contributed by atoms with Gasteiger partial charge in [-0.25, -0.2) is 0 Å². The largest absolute Gasteiger partial charge is 0.198 e. The lowest BCUT2D eigenvalue weighted by atomic mass is 9.91. The van der Waals surface area contributed by atoms with E-state index in [-0.39, 0.29) is 0 Å². The number of hydrogen-bond acceptors (Lipinski definition) is 1. The van der Waals surface area contributed by atoms with Gasteiger partial charge in [0.2, 0.25) is 0 Å². The Hall–Kier alpha value is -0.770. The second kappa shape index (κ2) is 6.35. The summed E-state index contributed by atoms with van der Waals surface area (Å²) in [5, 5.41) is 8.44. The summed E-state index contributed by atoms with van der Waals surface area (Å²) < 4.78 is 0. The second-order valence-electron chi connectivity index (χ2n) is 2.46. The van der Waals surface area contributed by atoms with Gasteiger partial charge in [0.15, 0.2) is 0 Å². The van der Waals surface area contributed by atoms with Crippen molar-refractivity contribution >= 4 is 0 Å². The van der Waals surface area contributed by atoms with Crippen LogP contribution in [0.2, 0.25) is 0 Å². The maximum Gasteiger partial charge on any atom is 0.0655 e. The van der Waals surface area contributed by atoms with Gasteiger partial charge in [0, 0.05) is 5.92 Å². The zero-order valence-electron chi connectivity index (χ0n) is 6.47. The van der Waals surface area contributed by atoms with Gasteiger partial charge < -0.3 is 0 Å². The predicted octanol–water partition coefficient (Wildman–Crippen LogP) is 2.89. The third kappa shape index (κ3) is 3.29. The molecule has 1 rings (SSSR count). The molecule has 1 nitrogen and oxygen atoms in total. The highest BCUT2D eigenvalue weighted by Crippen LogP contribution is 2.22. The Morgan fingerprint density at radius 1 is 1.10 bits per heavy atom. The van der Waals surface area contributed by atoms with Gasteiger partial charge in [-0.15, -0.1) is 13.2 Å². The molecule has 0 aromatic heterocycles. The molecule has 0 aromatic rings. The van der Waals surface area contributed by atoms with E-state index in [1.54, 1.807) is 0 Å². The lowest BCUT2D eigenvalue weighted by molar-refractivity contribution is 0.427. The second-order valence-corrected chi connectivity index (χ2v) is 2.46. The summed E-state index contributed by atoms with van der Waals surface area (Å²) in [7, 11) is 0. The maximum absolute atomic E-state index is 8.44. The lowest BCUT2D eigenvalue weighted by Gasteiger charge is -2.13. The summed E-state index contributed by atoms with van der Waals surface area (Å²) in [5.41, 5.74) is 0. The highest BCUT2D eigenvalue weighted by molar-refractivity contribution is 4.84. The van der Waals surface area contributed by atoms with Crippen molar-refractivity contribution in [1.82, 2.24) is 0 Å². The number of rotatable bonds is 0. The van der Waals surface area contributed by atoms with Crippen molar-refractivity contribution in [3.63, 3.8) is 0 Å². The number of nitriles is 1. The highest BCUT2D eigenvalue weighted by Gasteiger charge is 2.10. The minimum Gasteiger partial charge on any atom is -0.198 e. The molecule has 1 aliphatic carbocycles. The van der Waals surface area contributed by atoms with Gasteiger partial charge in [0.05, 0.1) is 6.07 Å². The molecule has 0 aliphatic heterocycles. The van der Waals surface area contributed by atoms with Gasteiger partial charge >= 0.3 is 0 Å². The standard InChI is InChI=1S/C7H11N.C2H4/c8-6-7-4-2-1-3-5-7;1-2/h7H,1-5H2;1-2H2. The van der Waals surface area contributed by atoms with Crippen molar-refractivity contribution < 1.29 is 0 Å². The molecular weight excluding hydrogens is 122 g/mol. The van der Waals surface area contributed by atoms with Gasteiger partial charge in [-0.05, 0) is 12.8 Å². The molecule has 0 saturated heterocycles. The molecule has 0 atom stereocenters. The van der Waals surface area contributed by atoms with Crippen LogP contribution in [-0.2, 0) is 0 Å². The van der Waals surface area contributed by atoms with E-state index in [1.807, 2.05) is 0 Å². The van der Waals surface area contributed by atoms with E-state index < -0.39 is 0 Å². The lowest BCUT2D eigenvalue weighted by Crippen LogP contribution is -2.02. The van der Waals surface area contributed by atoms with E-state index in [0.29, 0.717) is 5.92 Å². The van der Waals surface area contributed by atoms with E-state index in [9.17, 15) is 0 Å². The Balaban J connectivity index is 0.000000371. The first-order valence-corrected chi connectivity index (χ1v) is 3.83. The van der Waals surface area contributed by atoms with Gasteiger partial charge in [-0.2, -0.15) is 5.26 Å². The van der Waals surface area contributed by atoms with Crippen LogP contribution in [0.5, 0.6) is 0 Å². The molecule has 0 amide bonds. The Kier molecular flexibility index (Phi) is 5.86. The molecule has 56 valence electrons. The average molecular weight is 137 g/mol. The molecule has 1 aliphatic rings. The normalized spacial score (nSPS) is 18.3. The highest BCUT2D eigenvalue weighted by atomic mass is 14.3.